The van der Waals surface area contributed by atoms with Crippen LogP contribution in [0.2, 0.25) is 0 Å². The first-order chi connectivity index (χ1) is 10.2. The number of hydrogen-bond acceptors (Lipinski definition) is 3. The number of nitrogens with zero attached hydrogens (tertiary/aromatic N) is 2. The molecule has 1 N–H and O–H groups in total. The summed E-state index contributed by atoms with van der Waals surface area (Å²) < 4.78 is 2.19. The fourth-order valence-electron chi connectivity index (χ4n) is 2.28. The molecule has 0 saturated carbocycles. The minimum absolute atomic E-state index is 0.840. The van der Waals surface area contributed by atoms with Gasteiger partial charge in [-0.2, -0.15) is 0 Å². The van der Waals surface area contributed by atoms with E-state index >= 15 is 0 Å². The number of rotatable bonds is 5. The van der Waals surface area contributed by atoms with Crippen molar-refractivity contribution in [3.05, 3.63) is 58.7 Å². The molecule has 3 nitrogen and oxygen atoms in total. The van der Waals surface area contributed by atoms with Gasteiger partial charge in [-0.25, -0.2) is 4.98 Å². The molecule has 3 aromatic rings. The Balaban J connectivity index is 1.71. The highest BCUT2D eigenvalue weighted by Crippen LogP contribution is 2.24. The molecule has 2 heterocycles. The van der Waals surface area contributed by atoms with E-state index in [1.807, 2.05) is 6.92 Å². The van der Waals surface area contributed by atoms with Crippen molar-refractivity contribution in [2.24, 2.45) is 0 Å². The maximum atomic E-state index is 4.54. The Hall–Kier alpha value is -2.07. The lowest BCUT2D eigenvalue weighted by atomic mass is 10.1. The molecule has 0 aliphatic rings. The van der Waals surface area contributed by atoms with Crippen LogP contribution in [0.5, 0.6) is 0 Å². The number of anilines is 1. The lowest BCUT2D eigenvalue weighted by Gasteiger charge is -2.06. The van der Waals surface area contributed by atoms with Crippen LogP contribution in [-0.2, 0) is 13.1 Å². The summed E-state index contributed by atoms with van der Waals surface area (Å²) in [5, 5.41) is 6.69. The van der Waals surface area contributed by atoms with Gasteiger partial charge in [-0.05, 0) is 37.6 Å². The zero-order chi connectivity index (χ0) is 14.7. The Bertz CT molecular complexity index is 727. The first-order valence-electron chi connectivity index (χ1n) is 7.15. The largest absolute Gasteiger partial charge is 0.381 e. The van der Waals surface area contributed by atoms with Crippen LogP contribution in [0.3, 0.4) is 0 Å². The third-order valence-electron chi connectivity index (χ3n) is 3.45. The molecule has 0 radical (unpaired) electrons. The van der Waals surface area contributed by atoms with Crippen LogP contribution in [0.15, 0.2) is 48.1 Å². The van der Waals surface area contributed by atoms with Crippen molar-refractivity contribution in [1.29, 1.82) is 0 Å². The van der Waals surface area contributed by atoms with Crippen LogP contribution in [0.1, 0.15) is 17.5 Å². The molecular weight excluding hydrogens is 278 g/mol. The van der Waals surface area contributed by atoms with Gasteiger partial charge in [0, 0.05) is 42.1 Å². The highest BCUT2D eigenvalue weighted by Gasteiger charge is 2.03. The molecule has 3 rings (SSSR count). The number of benzene rings is 1. The van der Waals surface area contributed by atoms with Crippen LogP contribution in [0, 0.1) is 6.92 Å². The van der Waals surface area contributed by atoms with E-state index in [0.29, 0.717) is 0 Å². The highest BCUT2D eigenvalue weighted by molar-refractivity contribution is 7.09. The van der Waals surface area contributed by atoms with E-state index in [1.54, 1.807) is 11.3 Å². The van der Waals surface area contributed by atoms with Crippen LogP contribution in [0.4, 0.5) is 5.69 Å². The second-order valence-electron chi connectivity index (χ2n) is 5.04. The molecule has 0 bridgehead atoms. The molecule has 1 aromatic carbocycles. The zero-order valence-electron chi connectivity index (χ0n) is 12.3. The lowest BCUT2D eigenvalue weighted by Crippen LogP contribution is -1.98. The Morgan fingerprint density at radius 3 is 2.90 bits per heavy atom. The maximum absolute atomic E-state index is 4.54. The van der Waals surface area contributed by atoms with E-state index < -0.39 is 0 Å². The second kappa shape index (κ2) is 6.14. The second-order valence-corrected chi connectivity index (χ2v) is 6.10. The molecule has 0 fully saturated rings. The fraction of sp³-hybridized carbons (Fsp3) is 0.235. The van der Waals surface area contributed by atoms with E-state index in [0.717, 1.165) is 35.0 Å². The van der Waals surface area contributed by atoms with E-state index in [-0.39, 0.29) is 0 Å². The van der Waals surface area contributed by atoms with Crippen LogP contribution >= 0.6 is 11.3 Å². The number of thiazole rings is 1. The van der Waals surface area contributed by atoms with Gasteiger partial charge < -0.3 is 9.88 Å². The molecule has 0 atom stereocenters. The van der Waals surface area contributed by atoms with Crippen molar-refractivity contribution in [2.75, 3.05) is 5.32 Å². The van der Waals surface area contributed by atoms with Crippen molar-refractivity contribution in [1.82, 2.24) is 9.55 Å². The number of aromatic nitrogens is 2. The summed E-state index contributed by atoms with van der Waals surface area (Å²) in [5.74, 6) is 0. The summed E-state index contributed by atoms with van der Waals surface area (Å²) in [6.07, 6.45) is 4.30. The molecule has 0 aliphatic carbocycles. The van der Waals surface area contributed by atoms with Gasteiger partial charge in [0.25, 0.3) is 0 Å². The normalized spacial score (nSPS) is 10.8. The monoisotopic (exact) mass is 297 g/mol. The van der Waals surface area contributed by atoms with Gasteiger partial charge in [-0.15, -0.1) is 11.3 Å². The van der Waals surface area contributed by atoms with Gasteiger partial charge in [0.2, 0.25) is 0 Å². The summed E-state index contributed by atoms with van der Waals surface area (Å²) in [5.41, 5.74) is 4.64. The smallest absolute Gasteiger partial charge is 0.0901 e. The molecule has 0 amide bonds. The molecular formula is C17H19N3S. The van der Waals surface area contributed by atoms with Crippen LogP contribution < -0.4 is 5.32 Å². The van der Waals surface area contributed by atoms with Crippen molar-refractivity contribution >= 4 is 17.0 Å². The topological polar surface area (TPSA) is 29.9 Å². The Kier molecular flexibility index (Phi) is 4.06. The Morgan fingerprint density at radius 2 is 2.19 bits per heavy atom. The van der Waals surface area contributed by atoms with Gasteiger partial charge in [-0.1, -0.05) is 12.1 Å². The van der Waals surface area contributed by atoms with Gasteiger partial charge in [-0.3, -0.25) is 0 Å². The quantitative estimate of drug-likeness (QED) is 0.748. The summed E-state index contributed by atoms with van der Waals surface area (Å²) in [6.45, 7) is 6.04. The maximum Gasteiger partial charge on any atom is 0.0901 e. The third kappa shape index (κ3) is 3.34. The average molecular weight is 297 g/mol. The van der Waals surface area contributed by atoms with E-state index in [9.17, 15) is 0 Å². The van der Waals surface area contributed by atoms with Crippen LogP contribution in [0.25, 0.3) is 11.3 Å². The minimum Gasteiger partial charge on any atom is -0.381 e. The van der Waals surface area contributed by atoms with Gasteiger partial charge >= 0.3 is 0 Å². The first kappa shape index (κ1) is 13.9. The summed E-state index contributed by atoms with van der Waals surface area (Å²) in [4.78, 5) is 4.54. The molecule has 2 aromatic heterocycles. The molecule has 108 valence electrons. The van der Waals surface area contributed by atoms with Gasteiger partial charge in [0.1, 0.15) is 0 Å². The molecule has 0 saturated heterocycles. The summed E-state index contributed by atoms with van der Waals surface area (Å²) in [7, 11) is 0. The van der Waals surface area contributed by atoms with Crippen molar-refractivity contribution in [3.63, 3.8) is 0 Å². The summed E-state index contributed by atoms with van der Waals surface area (Å²) >= 11 is 1.69. The first-order valence-corrected chi connectivity index (χ1v) is 8.03. The van der Waals surface area contributed by atoms with Crippen molar-refractivity contribution in [3.8, 4) is 11.3 Å². The van der Waals surface area contributed by atoms with E-state index in [1.165, 1.54) is 5.56 Å². The SMILES string of the molecule is CCn1ccc(CNc2cccc(-c3csc(C)n3)c2)c1. The van der Waals surface area contributed by atoms with Crippen molar-refractivity contribution in [2.45, 2.75) is 26.9 Å². The zero-order valence-corrected chi connectivity index (χ0v) is 13.2. The fourth-order valence-corrected chi connectivity index (χ4v) is 2.90. The Labute approximate surface area is 129 Å². The minimum atomic E-state index is 0.840. The van der Waals surface area contributed by atoms with Gasteiger partial charge in [0.05, 0.1) is 10.7 Å². The third-order valence-corrected chi connectivity index (χ3v) is 4.22. The number of nitrogens with one attached hydrogen (secondary N) is 1. The van der Waals surface area contributed by atoms with E-state index in [2.05, 4.69) is 69.9 Å². The lowest BCUT2D eigenvalue weighted by molar-refractivity contribution is 0.766. The predicted molar refractivity (Wildman–Crippen MR) is 89.7 cm³/mol. The Morgan fingerprint density at radius 1 is 1.29 bits per heavy atom. The molecule has 0 aliphatic heterocycles. The number of aryl methyl sites for hydroxylation is 2. The number of hydrogen-bond donors (Lipinski definition) is 1. The molecule has 0 unspecified atom stereocenters. The van der Waals surface area contributed by atoms with E-state index in [4.69, 9.17) is 0 Å². The predicted octanol–water partition coefficient (Wildman–Crippen LogP) is 4.55. The highest BCUT2D eigenvalue weighted by atomic mass is 32.1. The van der Waals surface area contributed by atoms with Gasteiger partial charge in [0.15, 0.2) is 0 Å². The van der Waals surface area contributed by atoms with Crippen molar-refractivity contribution < 1.29 is 0 Å². The average Bonchev–Trinajstić information content (AvgIpc) is 3.14. The molecule has 21 heavy (non-hydrogen) atoms. The standard InChI is InChI=1S/C17H19N3S/c1-3-20-8-7-14(11-20)10-18-16-6-4-5-15(9-16)17-12-21-13(2)19-17/h4-9,11-12,18H,3,10H2,1-2H3. The summed E-state index contributed by atoms with van der Waals surface area (Å²) in [6, 6.07) is 10.6. The van der Waals surface area contributed by atoms with Crippen LogP contribution in [-0.4, -0.2) is 9.55 Å². The molecule has 4 heteroatoms. The molecule has 0 spiro atoms.